The Morgan fingerprint density at radius 2 is 1.69 bits per heavy atom. The SMILES string of the molecule is CC(C)N(CCCCN1C(=O)c2ccc([N+](=O)[O-])cc2C1=O)Cc1ccccc1. The third-order valence-corrected chi connectivity index (χ3v) is 5.20. The first-order chi connectivity index (χ1) is 13.9. The Labute approximate surface area is 170 Å². The number of rotatable bonds is 9. The number of fused-ring (bicyclic) bond motifs is 1. The lowest BCUT2D eigenvalue weighted by atomic mass is 10.1. The Balaban J connectivity index is 1.55. The molecular formula is C22H25N3O4. The van der Waals surface area contributed by atoms with Crippen LogP contribution in [0, 0.1) is 10.1 Å². The Hall–Kier alpha value is -3.06. The molecule has 2 aromatic rings. The summed E-state index contributed by atoms with van der Waals surface area (Å²) in [4.78, 5) is 38.9. The summed E-state index contributed by atoms with van der Waals surface area (Å²) in [6, 6.07) is 14.5. The average molecular weight is 395 g/mol. The number of nitro benzene ring substituents is 1. The fraction of sp³-hybridized carbons (Fsp3) is 0.364. The molecule has 1 heterocycles. The third-order valence-electron chi connectivity index (χ3n) is 5.20. The van der Waals surface area contributed by atoms with E-state index in [1.165, 1.54) is 28.7 Å². The molecule has 0 fully saturated rings. The van der Waals surface area contributed by atoms with Gasteiger partial charge in [0.15, 0.2) is 0 Å². The average Bonchev–Trinajstić information content (AvgIpc) is 2.95. The van der Waals surface area contributed by atoms with E-state index in [1.54, 1.807) is 0 Å². The van der Waals surface area contributed by atoms with Gasteiger partial charge in [0.2, 0.25) is 0 Å². The van der Waals surface area contributed by atoms with Crippen molar-refractivity contribution in [1.82, 2.24) is 9.80 Å². The fourth-order valence-corrected chi connectivity index (χ4v) is 3.52. The number of imide groups is 1. The van der Waals surface area contributed by atoms with Crippen molar-refractivity contribution in [3.05, 3.63) is 75.3 Å². The van der Waals surface area contributed by atoms with E-state index in [0.717, 1.165) is 19.5 Å². The van der Waals surface area contributed by atoms with Crippen LogP contribution < -0.4 is 0 Å². The van der Waals surface area contributed by atoms with E-state index in [-0.39, 0.29) is 22.7 Å². The lowest BCUT2D eigenvalue weighted by Crippen LogP contribution is -2.33. The first-order valence-electron chi connectivity index (χ1n) is 9.81. The molecule has 0 aromatic heterocycles. The molecular weight excluding hydrogens is 370 g/mol. The molecule has 7 nitrogen and oxygen atoms in total. The van der Waals surface area contributed by atoms with Gasteiger partial charge in [0, 0.05) is 31.3 Å². The van der Waals surface area contributed by atoms with Gasteiger partial charge in [0.05, 0.1) is 16.1 Å². The number of nitrogens with zero attached hydrogens (tertiary/aromatic N) is 3. The van der Waals surface area contributed by atoms with Crippen molar-refractivity contribution in [1.29, 1.82) is 0 Å². The van der Waals surface area contributed by atoms with Gasteiger partial charge in [0.25, 0.3) is 17.5 Å². The van der Waals surface area contributed by atoms with Gasteiger partial charge in [0.1, 0.15) is 0 Å². The van der Waals surface area contributed by atoms with Crippen molar-refractivity contribution in [3.8, 4) is 0 Å². The van der Waals surface area contributed by atoms with Gasteiger partial charge in [-0.15, -0.1) is 0 Å². The van der Waals surface area contributed by atoms with Gasteiger partial charge in [-0.05, 0) is 44.9 Å². The molecule has 7 heteroatoms. The van der Waals surface area contributed by atoms with E-state index in [4.69, 9.17) is 0 Å². The first-order valence-corrected chi connectivity index (χ1v) is 9.81. The van der Waals surface area contributed by atoms with E-state index >= 15 is 0 Å². The number of non-ortho nitro benzene ring substituents is 1. The number of carbonyl (C=O) groups is 2. The summed E-state index contributed by atoms with van der Waals surface area (Å²) in [6.07, 6.45) is 1.53. The Kier molecular flexibility index (Phi) is 6.39. The lowest BCUT2D eigenvalue weighted by Gasteiger charge is -2.27. The smallest absolute Gasteiger partial charge is 0.270 e. The Bertz CT molecular complexity index is 912. The second kappa shape index (κ2) is 8.96. The summed E-state index contributed by atoms with van der Waals surface area (Å²) in [6.45, 7) is 6.34. The van der Waals surface area contributed by atoms with Gasteiger partial charge >= 0.3 is 0 Å². The van der Waals surface area contributed by atoms with E-state index in [1.807, 2.05) is 18.2 Å². The fourth-order valence-electron chi connectivity index (χ4n) is 3.52. The van der Waals surface area contributed by atoms with Crippen LogP contribution in [0.3, 0.4) is 0 Å². The molecule has 0 radical (unpaired) electrons. The highest BCUT2D eigenvalue weighted by atomic mass is 16.6. The number of nitro groups is 1. The molecule has 1 aliphatic rings. The predicted molar refractivity (Wildman–Crippen MR) is 110 cm³/mol. The lowest BCUT2D eigenvalue weighted by molar-refractivity contribution is -0.384. The highest BCUT2D eigenvalue weighted by molar-refractivity contribution is 6.21. The molecule has 29 heavy (non-hydrogen) atoms. The number of hydrogen-bond donors (Lipinski definition) is 0. The monoisotopic (exact) mass is 395 g/mol. The van der Waals surface area contributed by atoms with Crippen molar-refractivity contribution in [2.45, 2.75) is 39.3 Å². The molecule has 0 atom stereocenters. The van der Waals surface area contributed by atoms with Gasteiger partial charge in [-0.2, -0.15) is 0 Å². The van der Waals surface area contributed by atoms with Crippen molar-refractivity contribution in [2.24, 2.45) is 0 Å². The number of benzene rings is 2. The molecule has 0 aliphatic carbocycles. The van der Waals surface area contributed by atoms with Crippen molar-refractivity contribution in [3.63, 3.8) is 0 Å². The minimum Gasteiger partial charge on any atom is -0.297 e. The van der Waals surface area contributed by atoms with Crippen LogP contribution in [0.25, 0.3) is 0 Å². The molecule has 0 unspecified atom stereocenters. The highest BCUT2D eigenvalue weighted by Crippen LogP contribution is 2.27. The topological polar surface area (TPSA) is 83.8 Å². The van der Waals surface area contributed by atoms with Crippen LogP contribution in [-0.2, 0) is 6.54 Å². The van der Waals surface area contributed by atoms with E-state index < -0.39 is 10.8 Å². The summed E-state index contributed by atoms with van der Waals surface area (Å²) in [7, 11) is 0. The van der Waals surface area contributed by atoms with Gasteiger partial charge < -0.3 is 0 Å². The summed E-state index contributed by atoms with van der Waals surface area (Å²) < 4.78 is 0. The maximum atomic E-state index is 12.5. The molecule has 0 saturated carbocycles. The molecule has 152 valence electrons. The zero-order valence-electron chi connectivity index (χ0n) is 16.7. The van der Waals surface area contributed by atoms with Crippen LogP contribution in [-0.4, -0.2) is 45.7 Å². The van der Waals surface area contributed by atoms with Gasteiger partial charge in [-0.3, -0.25) is 29.5 Å². The summed E-state index contributed by atoms with van der Waals surface area (Å²) in [5.41, 5.74) is 1.44. The second-order valence-electron chi connectivity index (χ2n) is 7.51. The maximum absolute atomic E-state index is 12.5. The Morgan fingerprint density at radius 1 is 1.00 bits per heavy atom. The van der Waals surface area contributed by atoms with Crippen molar-refractivity contribution in [2.75, 3.05) is 13.1 Å². The minimum absolute atomic E-state index is 0.122. The first kappa shape index (κ1) is 20.7. The highest BCUT2D eigenvalue weighted by Gasteiger charge is 2.36. The van der Waals surface area contributed by atoms with Crippen LogP contribution in [0.5, 0.6) is 0 Å². The van der Waals surface area contributed by atoms with Crippen molar-refractivity contribution >= 4 is 17.5 Å². The van der Waals surface area contributed by atoms with Crippen LogP contribution in [0.2, 0.25) is 0 Å². The van der Waals surface area contributed by atoms with Crippen LogP contribution >= 0.6 is 0 Å². The van der Waals surface area contributed by atoms with Crippen LogP contribution in [0.1, 0.15) is 53.0 Å². The summed E-state index contributed by atoms with van der Waals surface area (Å²) in [5.74, 6) is -0.816. The summed E-state index contributed by atoms with van der Waals surface area (Å²) in [5, 5.41) is 10.9. The van der Waals surface area contributed by atoms with Gasteiger partial charge in [-0.1, -0.05) is 30.3 Å². The predicted octanol–water partition coefficient (Wildman–Crippen LogP) is 3.88. The van der Waals surface area contributed by atoms with E-state index in [2.05, 4.69) is 30.9 Å². The molecule has 1 aliphatic heterocycles. The van der Waals surface area contributed by atoms with Crippen LogP contribution in [0.4, 0.5) is 5.69 Å². The number of hydrogen-bond acceptors (Lipinski definition) is 5. The normalized spacial score (nSPS) is 13.4. The van der Waals surface area contributed by atoms with Crippen LogP contribution in [0.15, 0.2) is 48.5 Å². The molecule has 0 bridgehead atoms. The molecule has 0 saturated heterocycles. The zero-order valence-corrected chi connectivity index (χ0v) is 16.7. The molecule has 0 spiro atoms. The molecule has 0 N–H and O–H groups in total. The molecule has 2 aromatic carbocycles. The number of carbonyl (C=O) groups excluding carboxylic acids is 2. The maximum Gasteiger partial charge on any atom is 0.270 e. The minimum atomic E-state index is -0.562. The molecule has 3 rings (SSSR count). The quantitative estimate of drug-likeness (QED) is 0.278. The molecule has 2 amide bonds. The van der Waals surface area contributed by atoms with Gasteiger partial charge in [-0.25, -0.2) is 0 Å². The zero-order chi connectivity index (χ0) is 21.0. The number of unbranched alkanes of at least 4 members (excludes halogenated alkanes) is 1. The van der Waals surface area contributed by atoms with E-state index in [0.29, 0.717) is 19.0 Å². The number of amides is 2. The largest absolute Gasteiger partial charge is 0.297 e. The standard InChI is InChI=1S/C22H25N3O4/c1-16(2)23(15-17-8-4-3-5-9-17)12-6-7-13-24-21(26)19-11-10-18(25(28)29)14-20(19)22(24)27/h3-5,8-11,14,16H,6-7,12-13,15H2,1-2H3. The van der Waals surface area contributed by atoms with E-state index in [9.17, 15) is 19.7 Å². The van der Waals surface area contributed by atoms with Crippen molar-refractivity contribution < 1.29 is 14.5 Å². The second-order valence-corrected chi connectivity index (χ2v) is 7.51. The Morgan fingerprint density at radius 3 is 2.34 bits per heavy atom. The summed E-state index contributed by atoms with van der Waals surface area (Å²) >= 11 is 0. The third kappa shape index (κ3) is 4.68.